The Kier molecular flexibility index (Phi) is 5.78. The molecule has 1 heterocycles. The second kappa shape index (κ2) is 7.02. The first-order valence-corrected chi connectivity index (χ1v) is 9.45. The summed E-state index contributed by atoms with van der Waals surface area (Å²) in [5, 5.41) is 0.482. The van der Waals surface area contributed by atoms with E-state index in [-0.39, 0.29) is 21.7 Å². The van der Waals surface area contributed by atoms with Crippen LogP contribution in [0.4, 0.5) is 5.69 Å². The third kappa shape index (κ3) is 4.24. The summed E-state index contributed by atoms with van der Waals surface area (Å²) in [6, 6.07) is 3.17. The molecular weight excluding hydrogens is 401 g/mol. The zero-order chi connectivity index (χ0) is 15.6. The van der Waals surface area contributed by atoms with E-state index in [9.17, 15) is 8.42 Å². The van der Waals surface area contributed by atoms with Crippen molar-refractivity contribution >= 4 is 55.0 Å². The van der Waals surface area contributed by atoms with Crippen molar-refractivity contribution in [2.45, 2.75) is 12.8 Å². The highest BCUT2D eigenvalue weighted by molar-refractivity contribution is 9.10. The van der Waals surface area contributed by atoms with Crippen molar-refractivity contribution in [3.8, 4) is 0 Å². The van der Waals surface area contributed by atoms with Gasteiger partial charge in [-0.25, -0.2) is 0 Å². The van der Waals surface area contributed by atoms with Gasteiger partial charge in [0.2, 0.25) is 0 Å². The number of hydrogen-bond acceptors (Lipinski definition) is 3. The van der Waals surface area contributed by atoms with E-state index in [2.05, 4.69) is 20.7 Å². The summed E-state index contributed by atoms with van der Waals surface area (Å²) in [7, 11) is -3.69. The van der Waals surface area contributed by atoms with Crippen LogP contribution in [0.25, 0.3) is 0 Å². The molecule has 0 radical (unpaired) electrons. The molecule has 0 aliphatic carbocycles. The van der Waals surface area contributed by atoms with E-state index >= 15 is 0 Å². The molecule has 0 saturated carbocycles. The molecule has 1 aromatic carbocycles. The SMILES string of the molecule is NCC1CCCN(S(=O)(=O)Nc2c(Cl)cc(Br)cc2Cl)C1. The van der Waals surface area contributed by atoms with Crippen molar-refractivity contribution in [2.75, 3.05) is 24.4 Å². The minimum absolute atomic E-state index is 0.186. The highest BCUT2D eigenvalue weighted by atomic mass is 79.9. The van der Waals surface area contributed by atoms with Crippen LogP contribution in [0.3, 0.4) is 0 Å². The molecule has 1 aromatic rings. The summed E-state index contributed by atoms with van der Waals surface area (Å²) >= 11 is 15.4. The van der Waals surface area contributed by atoms with Crippen molar-refractivity contribution < 1.29 is 8.42 Å². The smallest absolute Gasteiger partial charge is 0.301 e. The molecule has 0 bridgehead atoms. The number of halogens is 3. The highest BCUT2D eigenvalue weighted by Gasteiger charge is 2.29. The average Bonchev–Trinajstić information content (AvgIpc) is 2.43. The van der Waals surface area contributed by atoms with Gasteiger partial charge in [-0.3, -0.25) is 4.72 Å². The molecule has 1 fully saturated rings. The molecule has 0 aromatic heterocycles. The average molecular weight is 417 g/mol. The van der Waals surface area contributed by atoms with Crippen molar-refractivity contribution in [1.29, 1.82) is 0 Å². The maximum atomic E-state index is 12.5. The topological polar surface area (TPSA) is 75.4 Å². The molecule has 5 nitrogen and oxygen atoms in total. The second-order valence-electron chi connectivity index (χ2n) is 4.95. The number of nitrogens with two attached hydrogens (primary N) is 1. The second-order valence-corrected chi connectivity index (χ2v) is 8.35. The summed E-state index contributed by atoms with van der Waals surface area (Å²) in [4.78, 5) is 0. The first kappa shape index (κ1) is 17.3. The molecule has 1 unspecified atom stereocenters. The number of piperidine rings is 1. The minimum atomic E-state index is -3.69. The van der Waals surface area contributed by atoms with Crippen LogP contribution in [-0.2, 0) is 10.2 Å². The normalized spacial score (nSPS) is 20.5. The largest absolute Gasteiger partial charge is 0.330 e. The van der Waals surface area contributed by atoms with Crippen LogP contribution in [0.15, 0.2) is 16.6 Å². The van der Waals surface area contributed by atoms with Gasteiger partial charge >= 0.3 is 10.2 Å². The minimum Gasteiger partial charge on any atom is -0.330 e. The maximum absolute atomic E-state index is 12.5. The summed E-state index contributed by atoms with van der Waals surface area (Å²) in [6.07, 6.45) is 1.74. The zero-order valence-corrected chi connectivity index (χ0v) is 15.1. The summed E-state index contributed by atoms with van der Waals surface area (Å²) in [6.45, 7) is 1.36. The van der Waals surface area contributed by atoms with Gasteiger partial charge in [0, 0.05) is 17.6 Å². The van der Waals surface area contributed by atoms with Crippen LogP contribution in [0.1, 0.15) is 12.8 Å². The van der Waals surface area contributed by atoms with Gasteiger partial charge in [0.25, 0.3) is 0 Å². The monoisotopic (exact) mass is 415 g/mol. The fraction of sp³-hybridized carbons (Fsp3) is 0.500. The van der Waals surface area contributed by atoms with Crippen LogP contribution in [0.5, 0.6) is 0 Å². The Hall–Kier alpha value is -0.0500. The van der Waals surface area contributed by atoms with Crippen LogP contribution in [0.2, 0.25) is 10.0 Å². The number of anilines is 1. The first-order chi connectivity index (χ1) is 9.83. The molecule has 0 amide bonds. The van der Waals surface area contributed by atoms with Crippen LogP contribution < -0.4 is 10.5 Å². The molecule has 1 atom stereocenters. The molecule has 1 aliphatic heterocycles. The van der Waals surface area contributed by atoms with Crippen molar-refractivity contribution in [2.24, 2.45) is 11.7 Å². The molecule has 3 N–H and O–H groups in total. The number of nitrogens with one attached hydrogen (secondary N) is 1. The van der Waals surface area contributed by atoms with Gasteiger partial charge in [0.05, 0.1) is 15.7 Å². The van der Waals surface area contributed by atoms with E-state index in [0.717, 1.165) is 12.8 Å². The Labute approximate surface area is 143 Å². The molecule has 1 aliphatic rings. The van der Waals surface area contributed by atoms with Gasteiger partial charge in [-0.15, -0.1) is 0 Å². The standard InChI is InChI=1S/C12H16BrCl2N3O2S/c13-9-4-10(14)12(11(15)5-9)17-21(19,20)18-3-1-2-8(6-16)7-18/h4-5,8,17H,1-3,6-7,16H2. The molecule has 118 valence electrons. The van der Waals surface area contributed by atoms with Crippen molar-refractivity contribution in [1.82, 2.24) is 4.31 Å². The van der Waals surface area contributed by atoms with E-state index < -0.39 is 10.2 Å². The highest BCUT2D eigenvalue weighted by Crippen LogP contribution is 2.35. The van der Waals surface area contributed by atoms with Gasteiger partial charge in [0.1, 0.15) is 0 Å². The Morgan fingerprint density at radius 3 is 2.57 bits per heavy atom. The lowest BCUT2D eigenvalue weighted by Crippen LogP contribution is -2.44. The number of benzene rings is 1. The molecule has 1 saturated heterocycles. The molecule has 21 heavy (non-hydrogen) atoms. The predicted molar refractivity (Wildman–Crippen MR) is 90.1 cm³/mol. The van der Waals surface area contributed by atoms with E-state index in [1.807, 2.05) is 0 Å². The Balaban J connectivity index is 2.22. The summed E-state index contributed by atoms with van der Waals surface area (Å²) in [5.41, 5.74) is 5.83. The summed E-state index contributed by atoms with van der Waals surface area (Å²) in [5.74, 6) is 0.186. The first-order valence-electron chi connectivity index (χ1n) is 6.46. The predicted octanol–water partition coefficient (Wildman–Crippen LogP) is 3.08. The molecular formula is C12H16BrCl2N3O2S. The van der Waals surface area contributed by atoms with Gasteiger partial charge in [-0.1, -0.05) is 39.1 Å². The van der Waals surface area contributed by atoms with Crippen LogP contribution in [0, 0.1) is 5.92 Å². The lowest BCUT2D eigenvalue weighted by Gasteiger charge is -2.31. The van der Waals surface area contributed by atoms with Crippen molar-refractivity contribution in [3.05, 3.63) is 26.7 Å². The van der Waals surface area contributed by atoms with E-state index in [1.54, 1.807) is 12.1 Å². The van der Waals surface area contributed by atoms with Gasteiger partial charge in [0.15, 0.2) is 0 Å². The molecule has 9 heteroatoms. The number of rotatable bonds is 4. The third-order valence-corrected chi connectivity index (χ3v) is 5.92. The Morgan fingerprint density at radius 2 is 2.00 bits per heavy atom. The molecule has 2 rings (SSSR count). The van der Waals surface area contributed by atoms with Gasteiger partial charge < -0.3 is 5.73 Å². The fourth-order valence-electron chi connectivity index (χ4n) is 2.27. The Morgan fingerprint density at radius 1 is 1.38 bits per heavy atom. The quantitative estimate of drug-likeness (QED) is 0.791. The van der Waals surface area contributed by atoms with Crippen molar-refractivity contribution in [3.63, 3.8) is 0 Å². The van der Waals surface area contributed by atoms with E-state index in [0.29, 0.717) is 24.1 Å². The van der Waals surface area contributed by atoms with Crippen LogP contribution >= 0.6 is 39.1 Å². The van der Waals surface area contributed by atoms with E-state index in [1.165, 1.54) is 4.31 Å². The lowest BCUT2D eigenvalue weighted by atomic mass is 10.0. The Bertz CT molecular complexity index is 604. The van der Waals surface area contributed by atoms with Gasteiger partial charge in [-0.2, -0.15) is 12.7 Å². The van der Waals surface area contributed by atoms with Gasteiger partial charge in [-0.05, 0) is 37.4 Å². The fourth-order valence-corrected chi connectivity index (χ4v) is 5.07. The maximum Gasteiger partial charge on any atom is 0.301 e. The lowest BCUT2D eigenvalue weighted by molar-refractivity contribution is 0.273. The van der Waals surface area contributed by atoms with Crippen LogP contribution in [-0.4, -0.2) is 32.4 Å². The van der Waals surface area contributed by atoms with E-state index in [4.69, 9.17) is 28.9 Å². The molecule has 0 spiro atoms. The zero-order valence-electron chi connectivity index (χ0n) is 11.2. The number of hydrogen-bond donors (Lipinski definition) is 2. The third-order valence-electron chi connectivity index (χ3n) is 3.39. The number of nitrogens with zero attached hydrogens (tertiary/aromatic N) is 1. The summed E-state index contributed by atoms with van der Waals surface area (Å²) < 4.78 is 29.4.